The van der Waals surface area contributed by atoms with Gasteiger partial charge in [-0.15, -0.1) is 0 Å². The van der Waals surface area contributed by atoms with Crippen LogP contribution in [0.1, 0.15) is 26.2 Å². The molecule has 4 fully saturated rings. The first-order valence-corrected chi connectivity index (χ1v) is 5.67. The van der Waals surface area contributed by atoms with Crippen molar-refractivity contribution in [1.82, 2.24) is 0 Å². The first-order chi connectivity index (χ1) is 7.52. The molecule has 1 aliphatic carbocycles. The van der Waals surface area contributed by atoms with Gasteiger partial charge in [-0.05, 0) is 12.8 Å². The van der Waals surface area contributed by atoms with E-state index in [0.29, 0.717) is 32.7 Å². The van der Waals surface area contributed by atoms with E-state index >= 15 is 0 Å². The minimum atomic E-state index is -1.32. The van der Waals surface area contributed by atoms with Gasteiger partial charge < -0.3 is 19.3 Å². The number of carboxylic acid groups (broad SMARTS) is 1. The van der Waals surface area contributed by atoms with Gasteiger partial charge in [0.25, 0.3) is 5.97 Å². The van der Waals surface area contributed by atoms with Crippen LogP contribution in [-0.4, -0.2) is 36.9 Å². The van der Waals surface area contributed by atoms with Crippen LogP contribution in [0.15, 0.2) is 0 Å². The lowest BCUT2D eigenvalue weighted by atomic mass is 9.65. The van der Waals surface area contributed by atoms with Gasteiger partial charge in [0.05, 0.1) is 19.8 Å². The number of hydrogen-bond donors (Lipinski definition) is 1. The molecular formula is C11H16O5. The Hall–Kier alpha value is -0.650. The lowest BCUT2D eigenvalue weighted by Gasteiger charge is -2.58. The monoisotopic (exact) mass is 228 g/mol. The molecule has 0 aromatic heterocycles. The second kappa shape index (κ2) is 2.97. The summed E-state index contributed by atoms with van der Waals surface area (Å²) in [5.41, 5.74) is -1.11. The molecule has 5 heteroatoms. The first kappa shape index (κ1) is 10.5. The van der Waals surface area contributed by atoms with E-state index in [1.807, 2.05) is 6.92 Å². The fourth-order valence-corrected chi connectivity index (χ4v) is 2.65. The maximum Gasteiger partial charge on any atom is 0.317 e. The normalized spacial score (nSPS) is 45.1. The summed E-state index contributed by atoms with van der Waals surface area (Å²) in [6.45, 7) is 3.57. The fourth-order valence-electron chi connectivity index (χ4n) is 2.65. The van der Waals surface area contributed by atoms with Gasteiger partial charge in [0.2, 0.25) is 0 Å². The Bertz CT molecular complexity index is 309. The fraction of sp³-hybridized carbons (Fsp3) is 0.909. The van der Waals surface area contributed by atoms with E-state index in [9.17, 15) is 9.90 Å². The maximum absolute atomic E-state index is 11.4. The van der Waals surface area contributed by atoms with Crippen LogP contribution in [0.3, 0.4) is 0 Å². The molecule has 4 rings (SSSR count). The molecule has 4 aliphatic rings. The van der Waals surface area contributed by atoms with Crippen LogP contribution in [0.25, 0.3) is 0 Å². The molecule has 0 aromatic carbocycles. The Balaban J connectivity index is 1.91. The van der Waals surface area contributed by atoms with Gasteiger partial charge in [-0.3, -0.25) is 4.79 Å². The molecule has 0 aromatic rings. The third-order valence-corrected chi connectivity index (χ3v) is 4.03. The van der Waals surface area contributed by atoms with E-state index in [4.69, 9.17) is 14.2 Å². The van der Waals surface area contributed by atoms with E-state index in [2.05, 4.69) is 0 Å². The predicted molar refractivity (Wildman–Crippen MR) is 52.6 cm³/mol. The molecule has 3 saturated heterocycles. The third-order valence-electron chi connectivity index (χ3n) is 4.03. The predicted octanol–water partition coefficient (Wildman–Crippen LogP) is 0.978. The van der Waals surface area contributed by atoms with Crippen LogP contribution in [0, 0.1) is 10.8 Å². The van der Waals surface area contributed by atoms with Crippen molar-refractivity contribution in [3.05, 3.63) is 0 Å². The molecular weight excluding hydrogens is 212 g/mol. The number of carboxylic acids is 1. The number of fused-ring (bicyclic) bond motifs is 3. The van der Waals surface area contributed by atoms with Crippen molar-refractivity contribution >= 4 is 5.97 Å². The summed E-state index contributed by atoms with van der Waals surface area (Å²) >= 11 is 0. The number of hydrogen-bond acceptors (Lipinski definition) is 4. The van der Waals surface area contributed by atoms with Gasteiger partial charge in [-0.2, -0.15) is 0 Å². The van der Waals surface area contributed by atoms with Gasteiger partial charge >= 0.3 is 5.97 Å². The summed E-state index contributed by atoms with van der Waals surface area (Å²) in [7, 11) is 0. The Morgan fingerprint density at radius 2 is 1.62 bits per heavy atom. The molecule has 0 amide bonds. The Morgan fingerprint density at radius 1 is 1.12 bits per heavy atom. The number of ether oxygens (including phenoxy) is 3. The van der Waals surface area contributed by atoms with Crippen LogP contribution in [-0.2, 0) is 19.0 Å². The summed E-state index contributed by atoms with van der Waals surface area (Å²) in [5.74, 6) is -2.20. The summed E-state index contributed by atoms with van der Waals surface area (Å²) in [6.07, 6.45) is 2.03. The van der Waals surface area contributed by atoms with Crippen molar-refractivity contribution in [2.75, 3.05) is 19.8 Å². The second-order valence-electron chi connectivity index (χ2n) is 5.47. The van der Waals surface area contributed by atoms with Crippen molar-refractivity contribution in [1.29, 1.82) is 0 Å². The Morgan fingerprint density at radius 3 is 1.94 bits per heavy atom. The zero-order valence-corrected chi connectivity index (χ0v) is 9.32. The van der Waals surface area contributed by atoms with Crippen molar-refractivity contribution in [3.63, 3.8) is 0 Å². The van der Waals surface area contributed by atoms with Gasteiger partial charge in [0.1, 0.15) is 5.41 Å². The van der Waals surface area contributed by atoms with E-state index < -0.39 is 17.4 Å². The average molecular weight is 228 g/mol. The minimum absolute atomic E-state index is 0.120. The quantitative estimate of drug-likeness (QED) is 0.763. The van der Waals surface area contributed by atoms with Crippen LogP contribution in [0.4, 0.5) is 0 Å². The van der Waals surface area contributed by atoms with E-state index in [-0.39, 0.29) is 5.41 Å². The molecule has 0 unspecified atom stereocenters. The summed E-state index contributed by atoms with van der Waals surface area (Å²) < 4.78 is 16.8. The van der Waals surface area contributed by atoms with E-state index in [1.165, 1.54) is 0 Å². The molecule has 3 heterocycles. The molecule has 0 atom stereocenters. The maximum atomic E-state index is 11.4. The molecule has 0 spiro atoms. The highest BCUT2D eigenvalue weighted by molar-refractivity contribution is 5.77. The van der Waals surface area contributed by atoms with Gasteiger partial charge in [0, 0.05) is 5.41 Å². The van der Waals surface area contributed by atoms with Crippen molar-refractivity contribution < 1.29 is 24.1 Å². The average Bonchev–Trinajstić information content (AvgIpc) is 2.17. The number of carbonyl (C=O) groups is 1. The molecule has 1 N–H and O–H groups in total. The molecule has 5 nitrogen and oxygen atoms in total. The number of aliphatic carboxylic acids is 1. The van der Waals surface area contributed by atoms with Crippen molar-refractivity contribution in [2.45, 2.75) is 32.2 Å². The Kier molecular flexibility index (Phi) is 1.95. The largest absolute Gasteiger partial charge is 0.481 e. The standard InChI is InChI=1S/C11H16O5/c1-9-5-14-11(15-6-9,16-7-9)10(8(12)13)3-2-4-10/h2-7H2,1H3,(H,12,13). The number of rotatable bonds is 2. The summed E-state index contributed by atoms with van der Waals surface area (Å²) in [6, 6.07) is 0. The SMILES string of the molecule is CC12COC(C3(C(=O)O)CCC3)(OC1)OC2. The smallest absolute Gasteiger partial charge is 0.317 e. The highest BCUT2D eigenvalue weighted by atomic mass is 16.9. The van der Waals surface area contributed by atoms with Crippen LogP contribution in [0.5, 0.6) is 0 Å². The van der Waals surface area contributed by atoms with E-state index in [1.54, 1.807) is 0 Å². The third kappa shape index (κ3) is 1.08. The topological polar surface area (TPSA) is 65.0 Å². The Labute approximate surface area is 93.7 Å². The van der Waals surface area contributed by atoms with Gasteiger partial charge in [-0.25, -0.2) is 0 Å². The summed E-state index contributed by atoms with van der Waals surface area (Å²) in [5, 5.41) is 9.37. The summed E-state index contributed by atoms with van der Waals surface area (Å²) in [4.78, 5) is 11.4. The lowest BCUT2D eigenvalue weighted by Crippen LogP contribution is -2.69. The zero-order chi connectivity index (χ0) is 11.4. The van der Waals surface area contributed by atoms with Crippen molar-refractivity contribution in [2.24, 2.45) is 10.8 Å². The van der Waals surface area contributed by atoms with Crippen molar-refractivity contribution in [3.8, 4) is 0 Å². The second-order valence-corrected chi connectivity index (χ2v) is 5.47. The lowest BCUT2D eigenvalue weighted by molar-refractivity contribution is -0.504. The molecule has 0 radical (unpaired) electrons. The van der Waals surface area contributed by atoms with Crippen LogP contribution in [0.2, 0.25) is 0 Å². The molecule has 2 bridgehead atoms. The van der Waals surface area contributed by atoms with Crippen LogP contribution < -0.4 is 0 Å². The van der Waals surface area contributed by atoms with Gasteiger partial charge in [-0.1, -0.05) is 13.3 Å². The van der Waals surface area contributed by atoms with Crippen LogP contribution >= 0.6 is 0 Å². The molecule has 3 aliphatic heterocycles. The van der Waals surface area contributed by atoms with Gasteiger partial charge in [0.15, 0.2) is 0 Å². The molecule has 90 valence electrons. The first-order valence-electron chi connectivity index (χ1n) is 5.67. The van der Waals surface area contributed by atoms with E-state index in [0.717, 1.165) is 6.42 Å². The minimum Gasteiger partial charge on any atom is -0.481 e. The highest BCUT2D eigenvalue weighted by Crippen LogP contribution is 2.56. The molecule has 1 saturated carbocycles. The molecule has 16 heavy (non-hydrogen) atoms. The highest BCUT2D eigenvalue weighted by Gasteiger charge is 2.68. The zero-order valence-electron chi connectivity index (χ0n) is 9.32.